The lowest BCUT2D eigenvalue weighted by molar-refractivity contribution is 1.16. The molecule has 2 aromatic rings. The molecule has 0 spiro atoms. The van der Waals surface area contributed by atoms with Crippen LogP contribution in [0.15, 0.2) is 35.6 Å². The topological polar surface area (TPSA) is 64.2 Å². The third kappa shape index (κ3) is 1.17. The van der Waals surface area contributed by atoms with Crippen LogP contribution >= 0.6 is 0 Å². The van der Waals surface area contributed by atoms with Crippen molar-refractivity contribution >= 4 is 17.7 Å². The summed E-state index contributed by atoms with van der Waals surface area (Å²) >= 11 is 0. The Morgan fingerprint density at radius 1 is 1.17 bits per heavy atom. The highest BCUT2D eigenvalue weighted by atomic mass is 15.0. The number of aromatic nitrogens is 2. The fourth-order valence-electron chi connectivity index (χ4n) is 2.49. The van der Waals surface area contributed by atoms with Crippen molar-refractivity contribution in [2.75, 3.05) is 5.73 Å². The van der Waals surface area contributed by atoms with Gasteiger partial charge in [-0.3, -0.25) is 0 Å². The summed E-state index contributed by atoms with van der Waals surface area (Å²) in [5.41, 5.74) is 9.11. The Morgan fingerprint density at radius 3 is 3.06 bits per heavy atom. The summed E-state index contributed by atoms with van der Waals surface area (Å²) in [6.45, 7) is 0. The average Bonchev–Trinajstić information content (AvgIpc) is 2.74. The molecule has 0 fully saturated rings. The molecule has 1 aliphatic carbocycles. The Bertz CT molecular complexity index is 818. The Labute approximate surface area is 103 Å². The zero-order chi connectivity index (χ0) is 12.1. The number of nitrogens with two attached hydrogens (primary N) is 1. The minimum atomic E-state index is 0.494. The molecule has 4 nitrogen and oxygen atoms in total. The predicted octanol–water partition coefficient (Wildman–Crippen LogP) is 0.883. The molecule has 2 heterocycles. The Morgan fingerprint density at radius 2 is 2.11 bits per heavy atom. The van der Waals surface area contributed by atoms with E-state index < -0.39 is 0 Å². The molecule has 4 rings (SSSR count). The van der Waals surface area contributed by atoms with E-state index in [9.17, 15) is 0 Å². The van der Waals surface area contributed by atoms with Gasteiger partial charge in [0.05, 0.1) is 10.9 Å². The number of nitrogen functional groups attached to an aromatic ring is 1. The van der Waals surface area contributed by atoms with Gasteiger partial charge in [-0.2, -0.15) is 0 Å². The highest BCUT2D eigenvalue weighted by Crippen LogP contribution is 2.33. The van der Waals surface area contributed by atoms with E-state index in [0.717, 1.165) is 22.9 Å². The number of nitrogens with zero attached hydrogens (tertiary/aromatic N) is 3. The smallest absolute Gasteiger partial charge is 0.165 e. The van der Waals surface area contributed by atoms with Gasteiger partial charge in [0.15, 0.2) is 5.82 Å². The highest BCUT2D eigenvalue weighted by Gasteiger charge is 2.19. The maximum absolute atomic E-state index is 5.93. The molecule has 18 heavy (non-hydrogen) atoms. The molecule has 1 aromatic heterocycles. The van der Waals surface area contributed by atoms with Gasteiger partial charge >= 0.3 is 0 Å². The number of benzene rings is 1. The summed E-state index contributed by atoms with van der Waals surface area (Å²) in [5.74, 6) is 1.17. The van der Waals surface area contributed by atoms with E-state index >= 15 is 0 Å². The molecule has 0 radical (unpaired) electrons. The van der Waals surface area contributed by atoms with E-state index in [0.29, 0.717) is 11.6 Å². The fraction of sp³-hybridized carbons (Fsp3) is 0.0714. The third-order valence-electron chi connectivity index (χ3n) is 3.36. The maximum atomic E-state index is 5.93. The molecule has 0 unspecified atom stereocenters. The number of rotatable bonds is 0. The van der Waals surface area contributed by atoms with Crippen LogP contribution in [-0.2, 0) is 6.42 Å². The Balaban J connectivity index is 2.11. The second-order valence-corrected chi connectivity index (χ2v) is 4.44. The Hall–Kier alpha value is -2.49. The molecule has 2 aliphatic rings. The standard InChI is InChI=1S/C14H10N4/c15-13-12-10-5-8-3-1-2-4-9(8)6-11(10)18-14(12)17-7-16-13/h1-3,5-7H,4H2,(H2,15,16,17). The van der Waals surface area contributed by atoms with Crippen molar-refractivity contribution in [3.05, 3.63) is 46.8 Å². The third-order valence-corrected chi connectivity index (χ3v) is 3.36. The number of hydrogen-bond donors (Lipinski definition) is 1. The number of hydrogen-bond acceptors (Lipinski definition) is 4. The molecule has 86 valence electrons. The Kier molecular flexibility index (Phi) is 1.73. The van der Waals surface area contributed by atoms with E-state index in [1.807, 2.05) is 0 Å². The minimum absolute atomic E-state index is 0.494. The van der Waals surface area contributed by atoms with Gasteiger partial charge < -0.3 is 5.73 Å². The maximum Gasteiger partial charge on any atom is 0.165 e. The summed E-state index contributed by atoms with van der Waals surface area (Å²) in [6, 6.07) is 4.25. The molecule has 0 bridgehead atoms. The van der Waals surface area contributed by atoms with Gasteiger partial charge in [-0.1, -0.05) is 18.2 Å². The van der Waals surface area contributed by atoms with Gasteiger partial charge in [-0.25, -0.2) is 15.0 Å². The van der Waals surface area contributed by atoms with Crippen molar-refractivity contribution in [1.82, 2.24) is 9.97 Å². The van der Waals surface area contributed by atoms with Gasteiger partial charge in [0, 0.05) is 5.56 Å². The van der Waals surface area contributed by atoms with Crippen molar-refractivity contribution in [3.8, 4) is 11.1 Å². The zero-order valence-corrected chi connectivity index (χ0v) is 9.59. The molecule has 0 saturated heterocycles. The van der Waals surface area contributed by atoms with E-state index in [1.54, 1.807) is 0 Å². The fourth-order valence-corrected chi connectivity index (χ4v) is 2.49. The first-order chi connectivity index (χ1) is 8.83. The van der Waals surface area contributed by atoms with Gasteiger partial charge in [0.25, 0.3) is 0 Å². The van der Waals surface area contributed by atoms with E-state index in [-0.39, 0.29) is 0 Å². The minimum Gasteiger partial charge on any atom is -0.383 e. The highest BCUT2D eigenvalue weighted by molar-refractivity contribution is 5.84. The van der Waals surface area contributed by atoms with Crippen molar-refractivity contribution in [1.29, 1.82) is 0 Å². The van der Waals surface area contributed by atoms with E-state index in [4.69, 9.17) is 5.73 Å². The van der Waals surface area contributed by atoms with Crippen LogP contribution in [-0.4, -0.2) is 9.97 Å². The van der Waals surface area contributed by atoms with Crippen LogP contribution in [0.5, 0.6) is 0 Å². The van der Waals surface area contributed by atoms with Crippen LogP contribution in [0.25, 0.3) is 17.2 Å². The monoisotopic (exact) mass is 234 g/mol. The molecular weight excluding hydrogens is 224 g/mol. The summed E-state index contributed by atoms with van der Waals surface area (Å²) < 4.78 is 0. The van der Waals surface area contributed by atoms with Gasteiger partial charge in [0.1, 0.15) is 12.1 Å². The van der Waals surface area contributed by atoms with Crippen molar-refractivity contribution in [3.63, 3.8) is 0 Å². The number of allylic oxidation sites excluding steroid dienone is 2. The SMILES string of the molecule is Nc1ncnc2c1-c1cc3c(cc1=N2)CC=CC=3. The zero-order valence-electron chi connectivity index (χ0n) is 9.59. The van der Waals surface area contributed by atoms with Gasteiger partial charge in [-0.15, -0.1) is 0 Å². The van der Waals surface area contributed by atoms with Crippen LogP contribution in [0.3, 0.4) is 0 Å². The van der Waals surface area contributed by atoms with Crippen LogP contribution < -0.4 is 16.3 Å². The number of anilines is 1. The molecule has 4 heteroatoms. The lowest BCUT2D eigenvalue weighted by atomic mass is 9.99. The van der Waals surface area contributed by atoms with Crippen LogP contribution in [0.1, 0.15) is 5.56 Å². The summed E-state index contributed by atoms with van der Waals surface area (Å²) in [7, 11) is 0. The normalized spacial score (nSPS) is 14.2. The summed E-state index contributed by atoms with van der Waals surface area (Å²) in [5, 5.41) is 2.17. The quantitative estimate of drug-likeness (QED) is 0.628. The first-order valence-corrected chi connectivity index (χ1v) is 5.82. The van der Waals surface area contributed by atoms with Crippen LogP contribution in [0.4, 0.5) is 11.6 Å². The molecule has 2 N–H and O–H groups in total. The lowest BCUT2D eigenvalue weighted by Crippen LogP contribution is -2.17. The average molecular weight is 234 g/mol. The molecule has 1 aliphatic heterocycles. The largest absolute Gasteiger partial charge is 0.383 e. The van der Waals surface area contributed by atoms with Crippen molar-refractivity contribution < 1.29 is 0 Å². The van der Waals surface area contributed by atoms with E-state index in [2.05, 4.69) is 45.3 Å². The second kappa shape index (κ2) is 3.26. The molecule has 0 amide bonds. The van der Waals surface area contributed by atoms with Gasteiger partial charge in [0.2, 0.25) is 0 Å². The second-order valence-electron chi connectivity index (χ2n) is 4.44. The predicted molar refractivity (Wildman–Crippen MR) is 69.6 cm³/mol. The van der Waals surface area contributed by atoms with E-state index in [1.165, 1.54) is 17.1 Å². The molecule has 0 atom stereocenters. The summed E-state index contributed by atoms with van der Waals surface area (Å²) in [4.78, 5) is 12.7. The molecule has 0 saturated carbocycles. The van der Waals surface area contributed by atoms with Crippen LogP contribution in [0.2, 0.25) is 0 Å². The summed E-state index contributed by atoms with van der Waals surface area (Å²) in [6.07, 6.45) is 8.73. The first-order valence-electron chi connectivity index (χ1n) is 5.82. The van der Waals surface area contributed by atoms with Crippen LogP contribution in [0, 0.1) is 0 Å². The lowest BCUT2D eigenvalue weighted by Gasteiger charge is -2.06. The molecule has 1 aromatic carbocycles. The van der Waals surface area contributed by atoms with Crippen molar-refractivity contribution in [2.45, 2.75) is 6.42 Å². The number of fused-ring (bicyclic) bond motifs is 4. The van der Waals surface area contributed by atoms with Gasteiger partial charge in [-0.05, 0) is 29.3 Å². The first kappa shape index (κ1) is 9.53. The van der Waals surface area contributed by atoms with Crippen molar-refractivity contribution in [2.24, 2.45) is 4.99 Å². The molecular formula is C14H10N4.